The second-order valence-electron chi connectivity index (χ2n) is 8.64. The molecule has 5 rings (SSSR count). The Labute approximate surface area is 216 Å². The Bertz CT molecular complexity index is 1600. The van der Waals surface area contributed by atoms with Gasteiger partial charge in [0.2, 0.25) is 5.91 Å². The fourth-order valence-corrected chi connectivity index (χ4v) is 4.99. The zero-order valence-electron chi connectivity index (χ0n) is 20.3. The zero-order chi connectivity index (χ0) is 26.3. The van der Waals surface area contributed by atoms with Gasteiger partial charge in [0.05, 0.1) is 46.5 Å². The Morgan fingerprint density at radius 3 is 2.92 bits per heavy atom. The number of nitrogens with two attached hydrogens (primary N) is 1. The molecule has 2 atom stereocenters. The van der Waals surface area contributed by atoms with Gasteiger partial charge in [0.1, 0.15) is 23.4 Å². The Balaban J connectivity index is 1.59. The first-order valence-electron chi connectivity index (χ1n) is 11.6. The van der Waals surface area contributed by atoms with Crippen molar-refractivity contribution in [3.05, 3.63) is 53.5 Å². The maximum atomic E-state index is 15.3. The highest BCUT2D eigenvalue weighted by atomic mass is 35.5. The molecule has 1 aliphatic heterocycles. The molecule has 0 bridgehead atoms. The van der Waals surface area contributed by atoms with Gasteiger partial charge in [0.15, 0.2) is 11.5 Å². The van der Waals surface area contributed by atoms with Gasteiger partial charge in [-0.25, -0.2) is 24.0 Å². The summed E-state index contributed by atoms with van der Waals surface area (Å²) in [5, 5.41) is 5.28. The van der Waals surface area contributed by atoms with Crippen LogP contribution < -0.4 is 5.73 Å². The van der Waals surface area contributed by atoms with Gasteiger partial charge < -0.3 is 19.9 Å². The first-order chi connectivity index (χ1) is 17.9. The van der Waals surface area contributed by atoms with Crippen molar-refractivity contribution in [3.8, 4) is 11.8 Å². The highest BCUT2D eigenvalue weighted by molar-refractivity contribution is 6.32. The van der Waals surface area contributed by atoms with Crippen LogP contribution in [0.4, 0.5) is 10.2 Å². The van der Waals surface area contributed by atoms with E-state index in [2.05, 4.69) is 38.5 Å². The van der Waals surface area contributed by atoms with Crippen LogP contribution in [0.15, 0.2) is 31.4 Å². The van der Waals surface area contributed by atoms with Crippen LogP contribution in [0, 0.1) is 17.7 Å². The van der Waals surface area contributed by atoms with Gasteiger partial charge in [-0.15, -0.1) is 0 Å². The summed E-state index contributed by atoms with van der Waals surface area (Å²) < 4.78 is 24.1. The number of benzene rings is 1. The molecule has 1 aromatic carbocycles. The van der Waals surface area contributed by atoms with Crippen LogP contribution in [-0.2, 0) is 16.1 Å². The van der Waals surface area contributed by atoms with E-state index in [4.69, 9.17) is 22.1 Å². The van der Waals surface area contributed by atoms with Crippen molar-refractivity contribution in [3.63, 3.8) is 0 Å². The van der Waals surface area contributed by atoms with E-state index in [9.17, 15) is 4.79 Å². The van der Waals surface area contributed by atoms with Crippen LogP contribution in [0.3, 0.4) is 0 Å². The minimum Gasteiger partial charge on any atom is -0.383 e. The van der Waals surface area contributed by atoms with Crippen molar-refractivity contribution in [1.29, 1.82) is 0 Å². The molecule has 4 heterocycles. The molecule has 1 saturated heterocycles. The van der Waals surface area contributed by atoms with Crippen LogP contribution in [0.2, 0.25) is 5.02 Å². The van der Waals surface area contributed by atoms with E-state index in [0.29, 0.717) is 42.7 Å². The quantitative estimate of drug-likeness (QED) is 0.316. The lowest BCUT2D eigenvalue weighted by Gasteiger charge is -2.22. The number of fused-ring (bicyclic) bond motifs is 2. The van der Waals surface area contributed by atoms with Crippen LogP contribution >= 0.6 is 11.6 Å². The van der Waals surface area contributed by atoms with Gasteiger partial charge >= 0.3 is 0 Å². The van der Waals surface area contributed by atoms with Crippen molar-refractivity contribution in [1.82, 2.24) is 34.2 Å². The lowest BCUT2D eigenvalue weighted by molar-refractivity contribution is -0.127. The van der Waals surface area contributed by atoms with Crippen molar-refractivity contribution in [2.75, 3.05) is 26.0 Å². The highest BCUT2D eigenvalue weighted by Gasteiger charge is 2.37. The maximum absolute atomic E-state index is 15.3. The second-order valence-corrected chi connectivity index (χ2v) is 9.05. The molecule has 3 aromatic heterocycles. The number of hydrogen-bond donors (Lipinski definition) is 1. The lowest BCUT2D eigenvalue weighted by Crippen LogP contribution is -2.37. The molecule has 0 saturated carbocycles. The van der Waals surface area contributed by atoms with Crippen molar-refractivity contribution < 1.29 is 13.9 Å². The summed E-state index contributed by atoms with van der Waals surface area (Å²) >= 11 is 6.41. The van der Waals surface area contributed by atoms with Crippen LogP contribution in [-0.4, -0.2) is 66.4 Å². The van der Waals surface area contributed by atoms with Gasteiger partial charge in [-0.3, -0.25) is 4.79 Å². The Kier molecular flexibility index (Phi) is 6.54. The molecule has 1 fully saturated rings. The first-order valence-corrected chi connectivity index (χ1v) is 12.0. The number of nitrogens with zero attached hydrogens (tertiary/aromatic N) is 7. The average molecular weight is 523 g/mol. The van der Waals surface area contributed by atoms with Crippen LogP contribution in [0.1, 0.15) is 30.6 Å². The number of halogens is 2. The molecule has 0 unspecified atom stereocenters. The normalized spacial score (nSPS) is 17.4. The van der Waals surface area contributed by atoms with E-state index < -0.39 is 5.82 Å². The van der Waals surface area contributed by atoms with Crippen LogP contribution in [0.5, 0.6) is 0 Å². The number of rotatable bonds is 5. The summed E-state index contributed by atoms with van der Waals surface area (Å²) in [4.78, 5) is 26.8. The van der Waals surface area contributed by atoms with Gasteiger partial charge in [-0.2, -0.15) is 5.10 Å². The molecule has 12 heteroatoms. The molecule has 190 valence electrons. The molecule has 0 radical (unpaired) electrons. The average Bonchev–Trinajstić information content (AvgIpc) is 3.59. The molecule has 10 nitrogen and oxygen atoms in total. The number of aromatic nitrogens is 6. The molecule has 0 spiro atoms. The molecule has 4 aromatic rings. The minimum atomic E-state index is -0.605. The van der Waals surface area contributed by atoms with E-state index in [1.807, 2.05) is 6.92 Å². The number of hydrogen-bond acceptors (Lipinski definition) is 7. The number of imidazole rings is 1. The molecule has 1 amide bonds. The van der Waals surface area contributed by atoms with Gasteiger partial charge in [-0.05, 0) is 31.4 Å². The topological polar surface area (TPSA) is 117 Å². The van der Waals surface area contributed by atoms with Crippen molar-refractivity contribution in [2.45, 2.75) is 32.0 Å². The summed E-state index contributed by atoms with van der Waals surface area (Å²) in [6.45, 7) is 6.91. The Hall–Kier alpha value is -4.01. The lowest BCUT2D eigenvalue weighted by atomic mass is 10.1. The third-order valence-electron chi connectivity index (χ3n) is 6.53. The Morgan fingerprint density at radius 1 is 1.38 bits per heavy atom. The number of carbonyl (C=O) groups excluding carboxylic acids is 1. The van der Waals surface area contributed by atoms with Gasteiger partial charge in [-0.1, -0.05) is 24.1 Å². The largest absolute Gasteiger partial charge is 0.383 e. The van der Waals surface area contributed by atoms with E-state index in [1.54, 1.807) is 33.7 Å². The summed E-state index contributed by atoms with van der Waals surface area (Å²) in [5.41, 5.74) is 7.72. The van der Waals surface area contributed by atoms with Gasteiger partial charge in [0.25, 0.3) is 0 Å². The summed E-state index contributed by atoms with van der Waals surface area (Å²) in [5.74, 6) is 5.12. The maximum Gasteiger partial charge on any atom is 0.246 e. The minimum absolute atomic E-state index is 0.0115. The molecule has 37 heavy (non-hydrogen) atoms. The number of methoxy groups -OCH3 is 1. The molecule has 2 N–H and O–H groups in total. The van der Waals surface area contributed by atoms with E-state index in [1.165, 1.54) is 12.4 Å². The molecule has 1 aliphatic rings. The second kappa shape index (κ2) is 9.80. The summed E-state index contributed by atoms with van der Waals surface area (Å²) in [6.07, 6.45) is 4.77. The number of ether oxygens (including phenoxy) is 1. The fourth-order valence-electron chi connectivity index (χ4n) is 4.76. The predicted molar refractivity (Wildman–Crippen MR) is 137 cm³/mol. The first kappa shape index (κ1) is 24.7. The molecular weight excluding hydrogens is 499 g/mol. The number of nitrogen functional groups attached to an aromatic ring is 1. The Morgan fingerprint density at radius 2 is 2.19 bits per heavy atom. The smallest absolute Gasteiger partial charge is 0.246 e. The summed E-state index contributed by atoms with van der Waals surface area (Å²) in [6, 6.07) is 1.27. The summed E-state index contributed by atoms with van der Waals surface area (Å²) in [7, 11) is 1.59. The van der Waals surface area contributed by atoms with E-state index >= 15 is 4.39 Å². The number of carbonyl (C=O) groups is 1. The monoisotopic (exact) mass is 522 g/mol. The van der Waals surface area contributed by atoms with Crippen LogP contribution in [0.25, 0.3) is 22.1 Å². The number of amides is 1. The number of anilines is 1. The zero-order valence-corrected chi connectivity index (χ0v) is 21.0. The number of likely N-dealkylation sites (tertiary alicyclic amines) is 1. The van der Waals surface area contributed by atoms with E-state index in [0.717, 1.165) is 0 Å². The number of aryl methyl sites for hydroxylation is 1. The van der Waals surface area contributed by atoms with Crippen molar-refractivity contribution in [2.24, 2.45) is 0 Å². The third-order valence-corrected chi connectivity index (χ3v) is 6.83. The van der Waals surface area contributed by atoms with Crippen molar-refractivity contribution >= 4 is 45.4 Å². The third kappa shape index (κ3) is 4.18. The van der Waals surface area contributed by atoms with E-state index in [-0.39, 0.29) is 45.6 Å². The highest BCUT2D eigenvalue weighted by Crippen LogP contribution is 2.32. The molecule has 0 aliphatic carbocycles. The molecular formula is C25H24ClFN8O2. The fraction of sp³-hybridized carbons (Fsp3) is 0.320. The predicted octanol–water partition coefficient (Wildman–Crippen LogP) is 2.94. The standard InChI is InChI=1S/C25H24ClFN8O2/c1-4-20(36)34-10-14(8-15(34)11-37-3)35-25-21(24(28)29-12-30-25)18(32-35)7-6-16-17(26)9-19-23(22(16)27)31-13-33(19)5-2/h4,9,12-15H,1,5,8,10-11H2,2-3H3,(H2,28,29,30)/t14-,15+/m0/s1. The SMILES string of the molecule is C=CC(=O)N1C[C@@H](n2nc(C#Cc3c(Cl)cc4c(ncn4CC)c3F)c3c(N)ncnc32)C[C@@H]1COC. The van der Waals surface area contributed by atoms with Gasteiger partial charge in [0, 0.05) is 20.2 Å².